The molecule has 0 aliphatic carbocycles. The molecule has 0 atom stereocenters. The summed E-state index contributed by atoms with van der Waals surface area (Å²) in [4.78, 5) is 13.9. The van der Waals surface area contributed by atoms with E-state index in [1.54, 1.807) is 18.3 Å². The van der Waals surface area contributed by atoms with Crippen LogP contribution in [0.15, 0.2) is 54.9 Å². The summed E-state index contributed by atoms with van der Waals surface area (Å²) in [7, 11) is 0. The molecule has 4 aromatic rings. The molecule has 0 saturated carbocycles. The predicted octanol–water partition coefficient (Wildman–Crippen LogP) is 5.23. The Morgan fingerprint density at radius 3 is 2.59 bits per heavy atom. The molecule has 0 amide bonds. The number of hydrogen-bond acceptors (Lipinski definition) is 4. The zero-order valence-electron chi connectivity index (χ0n) is 16.9. The molecule has 0 spiro atoms. The summed E-state index contributed by atoms with van der Waals surface area (Å²) in [6, 6.07) is 12.5. The highest BCUT2D eigenvalue weighted by atomic mass is 19.1. The summed E-state index contributed by atoms with van der Waals surface area (Å²) >= 11 is 0. The van der Waals surface area contributed by atoms with Crippen LogP contribution >= 0.6 is 0 Å². The largest absolute Gasteiger partial charge is 0.354 e. The number of pyridine rings is 1. The molecule has 1 aromatic carbocycles. The summed E-state index contributed by atoms with van der Waals surface area (Å²) in [6.07, 6.45) is 4.70. The predicted molar refractivity (Wildman–Crippen MR) is 114 cm³/mol. The van der Waals surface area contributed by atoms with Crippen LogP contribution in [-0.2, 0) is 6.42 Å². The van der Waals surface area contributed by atoms with Gasteiger partial charge in [-0.2, -0.15) is 0 Å². The molecule has 0 aliphatic heterocycles. The highest BCUT2D eigenvalue weighted by molar-refractivity contribution is 5.80. The second-order valence-electron chi connectivity index (χ2n) is 7.47. The molecule has 0 bridgehead atoms. The van der Waals surface area contributed by atoms with Crippen LogP contribution in [0.5, 0.6) is 0 Å². The quantitative estimate of drug-likeness (QED) is 0.491. The molecular formula is C23H24FN5. The van der Waals surface area contributed by atoms with Gasteiger partial charge >= 0.3 is 0 Å². The zero-order valence-corrected chi connectivity index (χ0v) is 16.9. The molecule has 0 aliphatic rings. The lowest BCUT2D eigenvalue weighted by Crippen LogP contribution is -2.10. The second kappa shape index (κ2) is 7.99. The highest BCUT2D eigenvalue weighted by Crippen LogP contribution is 2.32. The minimum absolute atomic E-state index is 0.269. The topological polar surface area (TPSA) is 55.1 Å². The number of nitrogens with one attached hydrogen (secondary N) is 1. The minimum atomic E-state index is -0.269. The molecule has 148 valence electrons. The number of aromatic nitrogens is 4. The van der Waals surface area contributed by atoms with Crippen LogP contribution in [0.2, 0.25) is 0 Å². The minimum Gasteiger partial charge on any atom is -0.354 e. The van der Waals surface area contributed by atoms with E-state index >= 15 is 0 Å². The Kier molecular flexibility index (Phi) is 5.25. The summed E-state index contributed by atoms with van der Waals surface area (Å²) in [5.74, 6) is 0.802. The van der Waals surface area contributed by atoms with Crippen molar-refractivity contribution in [3.05, 3.63) is 66.2 Å². The summed E-state index contributed by atoms with van der Waals surface area (Å²) in [5.41, 5.74) is 5.30. The Bertz CT molecular complexity index is 1130. The lowest BCUT2D eigenvalue weighted by atomic mass is 10.1. The fourth-order valence-corrected chi connectivity index (χ4v) is 3.23. The number of aryl methyl sites for hydroxylation is 1. The first-order valence-corrected chi connectivity index (χ1v) is 9.89. The Labute approximate surface area is 169 Å². The van der Waals surface area contributed by atoms with Crippen LogP contribution in [-0.4, -0.2) is 25.9 Å². The number of fused-ring (bicyclic) bond motifs is 1. The van der Waals surface area contributed by atoms with Crippen molar-refractivity contribution in [3.63, 3.8) is 0 Å². The van der Waals surface area contributed by atoms with Gasteiger partial charge in [-0.15, -0.1) is 0 Å². The first kappa shape index (κ1) is 19.1. The smallest absolute Gasteiger partial charge is 0.223 e. The summed E-state index contributed by atoms with van der Waals surface area (Å²) in [5, 5.41) is 3.28. The van der Waals surface area contributed by atoms with E-state index < -0.39 is 0 Å². The van der Waals surface area contributed by atoms with Crippen molar-refractivity contribution in [3.8, 4) is 22.6 Å². The number of imidazole rings is 1. The maximum atomic E-state index is 13.5. The van der Waals surface area contributed by atoms with Crippen molar-refractivity contribution in [1.29, 1.82) is 0 Å². The molecule has 3 heterocycles. The van der Waals surface area contributed by atoms with Crippen LogP contribution in [0.4, 0.5) is 10.3 Å². The van der Waals surface area contributed by atoms with Crippen LogP contribution in [0, 0.1) is 11.7 Å². The Hall–Kier alpha value is -3.28. The van der Waals surface area contributed by atoms with Gasteiger partial charge in [-0.3, -0.25) is 4.40 Å². The van der Waals surface area contributed by atoms with Gasteiger partial charge in [0.05, 0.1) is 17.1 Å². The van der Waals surface area contributed by atoms with Crippen LogP contribution in [0.25, 0.3) is 28.3 Å². The number of halogens is 1. The van der Waals surface area contributed by atoms with E-state index in [1.165, 1.54) is 17.7 Å². The van der Waals surface area contributed by atoms with Crippen molar-refractivity contribution in [2.75, 3.05) is 11.9 Å². The third-order valence-corrected chi connectivity index (χ3v) is 4.78. The van der Waals surface area contributed by atoms with Gasteiger partial charge in [0, 0.05) is 24.5 Å². The summed E-state index contributed by atoms with van der Waals surface area (Å²) in [6.45, 7) is 7.19. The maximum Gasteiger partial charge on any atom is 0.223 e. The fourth-order valence-electron chi connectivity index (χ4n) is 3.23. The van der Waals surface area contributed by atoms with E-state index in [9.17, 15) is 4.39 Å². The number of benzene rings is 1. The highest BCUT2D eigenvalue weighted by Gasteiger charge is 2.18. The number of nitrogens with zero attached hydrogens (tertiary/aromatic N) is 4. The third-order valence-electron chi connectivity index (χ3n) is 4.78. The van der Waals surface area contributed by atoms with Crippen LogP contribution in [0.1, 0.15) is 26.3 Å². The van der Waals surface area contributed by atoms with Crippen LogP contribution < -0.4 is 5.32 Å². The second-order valence-corrected chi connectivity index (χ2v) is 7.47. The Morgan fingerprint density at radius 1 is 1.07 bits per heavy atom. The van der Waals surface area contributed by atoms with E-state index in [1.807, 2.05) is 16.7 Å². The molecular weight excluding hydrogens is 365 g/mol. The molecule has 29 heavy (non-hydrogen) atoms. The monoisotopic (exact) mass is 389 g/mol. The number of anilines is 1. The molecule has 3 aromatic heterocycles. The van der Waals surface area contributed by atoms with Crippen molar-refractivity contribution in [2.45, 2.75) is 27.2 Å². The SMILES string of the molecule is CCc1ccn2c(-c3ccnc(NCC(C)C)n3)c(-c3ccc(F)cc3)nc2c1. The lowest BCUT2D eigenvalue weighted by molar-refractivity contribution is 0.628. The van der Waals surface area contributed by atoms with Gasteiger partial charge in [0.25, 0.3) is 0 Å². The maximum absolute atomic E-state index is 13.5. The van der Waals surface area contributed by atoms with Gasteiger partial charge in [-0.25, -0.2) is 19.3 Å². The normalized spacial score (nSPS) is 11.3. The average molecular weight is 389 g/mol. The van der Waals surface area contributed by atoms with Crippen LogP contribution in [0.3, 0.4) is 0 Å². The van der Waals surface area contributed by atoms with E-state index in [4.69, 9.17) is 9.97 Å². The van der Waals surface area contributed by atoms with E-state index in [0.717, 1.165) is 41.3 Å². The molecule has 0 unspecified atom stereocenters. The van der Waals surface area contributed by atoms with E-state index in [2.05, 4.69) is 43.2 Å². The first-order valence-electron chi connectivity index (χ1n) is 9.89. The molecule has 0 saturated heterocycles. The Balaban J connectivity index is 1.89. The van der Waals surface area contributed by atoms with Gasteiger partial charge in [0.15, 0.2) is 0 Å². The molecule has 4 rings (SSSR count). The fraction of sp³-hybridized carbons (Fsp3) is 0.261. The summed E-state index contributed by atoms with van der Waals surface area (Å²) < 4.78 is 15.5. The van der Waals surface area contributed by atoms with Crippen molar-refractivity contribution < 1.29 is 4.39 Å². The van der Waals surface area contributed by atoms with Gasteiger partial charge < -0.3 is 5.32 Å². The molecule has 5 nitrogen and oxygen atoms in total. The number of rotatable bonds is 6. The van der Waals surface area contributed by atoms with Crippen molar-refractivity contribution in [1.82, 2.24) is 19.4 Å². The van der Waals surface area contributed by atoms with Gasteiger partial charge in [-0.1, -0.05) is 20.8 Å². The zero-order chi connectivity index (χ0) is 20.4. The van der Waals surface area contributed by atoms with Gasteiger partial charge in [-0.05, 0) is 60.4 Å². The molecule has 0 radical (unpaired) electrons. The van der Waals surface area contributed by atoms with Gasteiger partial charge in [0.2, 0.25) is 5.95 Å². The lowest BCUT2D eigenvalue weighted by Gasteiger charge is -2.10. The standard InChI is InChI=1S/C23H24FN5/c1-4-16-10-12-29-20(13-16)28-21(17-5-7-18(24)8-6-17)22(29)19-9-11-25-23(27-19)26-14-15(2)3/h5-13,15H,4,14H2,1-3H3,(H,25,26,27). The third kappa shape index (κ3) is 3.97. The molecule has 6 heteroatoms. The molecule has 1 N–H and O–H groups in total. The molecule has 0 fully saturated rings. The van der Waals surface area contributed by atoms with E-state index in [0.29, 0.717) is 11.9 Å². The number of hydrogen-bond donors (Lipinski definition) is 1. The Morgan fingerprint density at radius 2 is 1.86 bits per heavy atom. The van der Waals surface area contributed by atoms with Crippen molar-refractivity contribution >= 4 is 11.6 Å². The van der Waals surface area contributed by atoms with Crippen molar-refractivity contribution in [2.24, 2.45) is 5.92 Å². The first-order chi connectivity index (χ1) is 14.0. The average Bonchev–Trinajstić information content (AvgIpc) is 3.11. The van der Waals surface area contributed by atoms with Gasteiger partial charge in [0.1, 0.15) is 11.5 Å². The van der Waals surface area contributed by atoms with E-state index in [-0.39, 0.29) is 5.82 Å².